The highest BCUT2D eigenvalue weighted by molar-refractivity contribution is 7.98. The van der Waals surface area contributed by atoms with E-state index in [1.54, 1.807) is 40.9 Å². The van der Waals surface area contributed by atoms with Gasteiger partial charge in [0, 0.05) is 12.2 Å². The quantitative estimate of drug-likeness (QED) is 0.708. The Kier molecular flexibility index (Phi) is 5.46. The summed E-state index contributed by atoms with van der Waals surface area (Å²) >= 11 is 1.61. The number of thioether (sulfide) groups is 1. The van der Waals surface area contributed by atoms with Crippen molar-refractivity contribution in [2.75, 3.05) is 23.5 Å². The number of hydrogen-bond donors (Lipinski definition) is 0. The molecule has 150 valence electrons. The second-order valence-electron chi connectivity index (χ2n) is 7.55. The smallest absolute Gasteiger partial charge is 0.262 e. The maximum atomic E-state index is 13.7. The Morgan fingerprint density at radius 1 is 1.10 bits per heavy atom. The molecule has 0 aliphatic carbocycles. The van der Waals surface area contributed by atoms with E-state index in [-0.39, 0.29) is 17.7 Å². The third-order valence-electron chi connectivity index (χ3n) is 5.64. The zero-order chi connectivity index (χ0) is 20.5. The van der Waals surface area contributed by atoms with Crippen molar-refractivity contribution in [2.45, 2.75) is 32.2 Å². The van der Waals surface area contributed by atoms with Crippen molar-refractivity contribution in [1.29, 1.82) is 0 Å². The Morgan fingerprint density at radius 2 is 1.79 bits per heavy atom. The number of hydrogen-bond acceptors (Lipinski definition) is 4. The van der Waals surface area contributed by atoms with Crippen molar-refractivity contribution >= 4 is 35.2 Å². The van der Waals surface area contributed by atoms with Gasteiger partial charge in [-0.25, -0.2) is 0 Å². The van der Waals surface area contributed by atoms with E-state index in [4.69, 9.17) is 0 Å². The summed E-state index contributed by atoms with van der Waals surface area (Å²) in [6.07, 6.45) is 4.22. The van der Waals surface area contributed by atoms with Gasteiger partial charge in [0.15, 0.2) is 0 Å². The lowest BCUT2D eigenvalue weighted by atomic mass is 9.98. The van der Waals surface area contributed by atoms with Gasteiger partial charge in [-0.15, -0.1) is 0 Å². The van der Waals surface area contributed by atoms with E-state index in [2.05, 4.69) is 6.07 Å². The van der Waals surface area contributed by atoms with Gasteiger partial charge in [0.2, 0.25) is 5.91 Å². The van der Waals surface area contributed by atoms with Crippen molar-refractivity contribution in [2.24, 2.45) is 0 Å². The predicted octanol–water partition coefficient (Wildman–Crippen LogP) is 3.69. The molecular weight excluding hydrogens is 384 g/mol. The van der Waals surface area contributed by atoms with Crippen LogP contribution in [0, 0.1) is 6.92 Å². The number of carbonyl (C=O) groups excluding carboxylic acids is 3. The first-order valence-electron chi connectivity index (χ1n) is 9.89. The van der Waals surface area contributed by atoms with E-state index in [0.717, 1.165) is 29.7 Å². The Balaban J connectivity index is 1.69. The summed E-state index contributed by atoms with van der Waals surface area (Å²) in [6, 6.07) is 12.1. The highest BCUT2D eigenvalue weighted by Gasteiger charge is 2.44. The highest BCUT2D eigenvalue weighted by atomic mass is 32.2. The summed E-state index contributed by atoms with van der Waals surface area (Å²) in [5.41, 5.74) is 3.98. The third-order valence-corrected chi connectivity index (χ3v) is 6.28. The lowest BCUT2D eigenvalue weighted by molar-refractivity contribution is -0.122. The Hall–Kier alpha value is -2.60. The number of anilines is 1. The van der Waals surface area contributed by atoms with E-state index in [1.807, 2.05) is 25.3 Å². The lowest BCUT2D eigenvalue weighted by Crippen LogP contribution is -2.52. The maximum absolute atomic E-state index is 13.7. The summed E-state index contributed by atoms with van der Waals surface area (Å²) < 4.78 is 0. The molecule has 0 bridgehead atoms. The van der Waals surface area contributed by atoms with E-state index in [0.29, 0.717) is 29.8 Å². The number of rotatable bonds is 5. The summed E-state index contributed by atoms with van der Waals surface area (Å²) in [5.74, 6) is -0.214. The molecule has 2 aliphatic heterocycles. The molecule has 1 atom stereocenters. The Morgan fingerprint density at radius 3 is 2.45 bits per heavy atom. The molecule has 3 amide bonds. The third kappa shape index (κ3) is 3.46. The van der Waals surface area contributed by atoms with E-state index in [9.17, 15) is 14.4 Å². The molecule has 2 aromatic carbocycles. The Labute approximate surface area is 175 Å². The van der Waals surface area contributed by atoms with Gasteiger partial charge < -0.3 is 4.90 Å². The summed E-state index contributed by atoms with van der Waals surface area (Å²) in [6.45, 7) is 2.65. The fraction of sp³-hybridized carbons (Fsp3) is 0.348. The zero-order valence-electron chi connectivity index (χ0n) is 16.7. The largest absolute Gasteiger partial charge is 0.310 e. The second-order valence-corrected chi connectivity index (χ2v) is 8.53. The highest BCUT2D eigenvalue weighted by Crippen LogP contribution is 2.32. The molecule has 2 aliphatic rings. The number of nitrogens with zero attached hydrogens (tertiary/aromatic N) is 2. The van der Waals surface area contributed by atoms with Gasteiger partial charge in [-0.1, -0.05) is 29.8 Å². The number of benzene rings is 2. The van der Waals surface area contributed by atoms with Crippen LogP contribution in [0.5, 0.6) is 0 Å². The number of imide groups is 1. The molecular formula is C23H24N2O3S. The monoisotopic (exact) mass is 408 g/mol. The van der Waals surface area contributed by atoms with Gasteiger partial charge in [-0.05, 0) is 62.0 Å². The molecule has 0 fully saturated rings. The van der Waals surface area contributed by atoms with Gasteiger partial charge >= 0.3 is 0 Å². The van der Waals surface area contributed by atoms with Crippen molar-refractivity contribution in [3.63, 3.8) is 0 Å². The average Bonchev–Trinajstić information content (AvgIpc) is 2.98. The standard InChI is InChI=1S/C23H24N2O3S/c1-15-9-10-19-16(14-15)6-5-12-24(19)23(28)20(11-13-29-2)25-21(26)17-7-3-4-8-18(17)22(25)27/h3-4,7-10,14,20H,5-6,11-13H2,1-2H3. The number of fused-ring (bicyclic) bond motifs is 2. The number of carbonyl (C=O) groups is 3. The van der Waals surface area contributed by atoms with Gasteiger partial charge in [0.25, 0.3) is 11.8 Å². The topological polar surface area (TPSA) is 57.7 Å². The van der Waals surface area contributed by atoms with Crippen LogP contribution in [0.1, 0.15) is 44.7 Å². The minimum absolute atomic E-state index is 0.168. The van der Waals surface area contributed by atoms with Gasteiger partial charge in [-0.2, -0.15) is 11.8 Å². The van der Waals surface area contributed by atoms with Gasteiger partial charge in [0.05, 0.1) is 11.1 Å². The molecule has 2 aromatic rings. The minimum atomic E-state index is -0.790. The SMILES string of the molecule is CSCCC(C(=O)N1CCCc2cc(C)ccc21)N1C(=O)c2ccccc2C1=O. The molecule has 0 N–H and O–H groups in total. The minimum Gasteiger partial charge on any atom is -0.310 e. The second kappa shape index (κ2) is 8.03. The number of amides is 3. The van der Waals surface area contributed by atoms with Crippen LogP contribution in [0.15, 0.2) is 42.5 Å². The van der Waals surface area contributed by atoms with E-state index < -0.39 is 6.04 Å². The van der Waals surface area contributed by atoms with Gasteiger partial charge in [0.1, 0.15) is 6.04 Å². The molecule has 29 heavy (non-hydrogen) atoms. The van der Waals surface area contributed by atoms with Crippen LogP contribution in [0.3, 0.4) is 0 Å². The van der Waals surface area contributed by atoms with Crippen molar-refractivity contribution in [3.8, 4) is 0 Å². The van der Waals surface area contributed by atoms with Gasteiger partial charge in [-0.3, -0.25) is 19.3 Å². The van der Waals surface area contributed by atoms with Crippen LogP contribution < -0.4 is 4.90 Å². The van der Waals surface area contributed by atoms with Crippen molar-refractivity contribution < 1.29 is 14.4 Å². The first-order chi connectivity index (χ1) is 14.0. The molecule has 6 heteroatoms. The first kappa shape index (κ1) is 19.7. The van der Waals surface area contributed by atoms with Crippen LogP contribution in [0.25, 0.3) is 0 Å². The van der Waals surface area contributed by atoms with Crippen LogP contribution in [0.2, 0.25) is 0 Å². The molecule has 0 aromatic heterocycles. The lowest BCUT2D eigenvalue weighted by Gasteiger charge is -2.35. The van der Waals surface area contributed by atoms with Crippen molar-refractivity contribution in [3.05, 3.63) is 64.7 Å². The normalized spacial score (nSPS) is 16.6. The molecule has 0 spiro atoms. The summed E-state index contributed by atoms with van der Waals surface area (Å²) in [5, 5.41) is 0. The average molecular weight is 409 g/mol. The van der Waals surface area contributed by atoms with Crippen molar-refractivity contribution in [1.82, 2.24) is 4.90 Å². The predicted molar refractivity (Wildman–Crippen MR) is 116 cm³/mol. The molecule has 0 saturated carbocycles. The molecule has 0 radical (unpaired) electrons. The zero-order valence-corrected chi connectivity index (χ0v) is 17.5. The molecule has 1 unspecified atom stereocenters. The van der Waals surface area contributed by atoms with E-state index in [1.165, 1.54) is 4.90 Å². The fourth-order valence-electron chi connectivity index (χ4n) is 4.22. The summed E-state index contributed by atoms with van der Waals surface area (Å²) in [4.78, 5) is 42.6. The molecule has 4 rings (SSSR count). The van der Waals surface area contributed by atoms with E-state index >= 15 is 0 Å². The first-order valence-corrected chi connectivity index (χ1v) is 11.3. The van der Waals surface area contributed by atoms with Crippen LogP contribution >= 0.6 is 11.8 Å². The number of aryl methyl sites for hydroxylation is 2. The maximum Gasteiger partial charge on any atom is 0.262 e. The molecule has 5 nitrogen and oxygen atoms in total. The van der Waals surface area contributed by atoms with Crippen LogP contribution in [-0.2, 0) is 11.2 Å². The Bertz CT molecular complexity index is 953. The molecule has 0 saturated heterocycles. The fourth-order valence-corrected chi connectivity index (χ4v) is 4.68. The molecule has 2 heterocycles. The summed E-state index contributed by atoms with van der Waals surface area (Å²) in [7, 11) is 0. The van der Waals surface area contributed by atoms with Crippen LogP contribution in [0.4, 0.5) is 5.69 Å². The van der Waals surface area contributed by atoms with Crippen LogP contribution in [-0.4, -0.2) is 47.2 Å².